The monoisotopic (exact) mass is 402 g/mol. The summed E-state index contributed by atoms with van der Waals surface area (Å²) in [5.41, 5.74) is 4.58. The molecule has 0 spiro atoms. The summed E-state index contributed by atoms with van der Waals surface area (Å²) < 4.78 is 13.5. The maximum absolute atomic E-state index is 13.5. The highest BCUT2D eigenvalue weighted by molar-refractivity contribution is 7.97. The van der Waals surface area contributed by atoms with Gasteiger partial charge < -0.3 is 15.5 Å². The van der Waals surface area contributed by atoms with Crippen LogP contribution in [0.25, 0.3) is 0 Å². The zero-order valence-corrected chi connectivity index (χ0v) is 18.1. The van der Waals surface area contributed by atoms with Gasteiger partial charge in [-0.05, 0) is 61.7 Å². The molecule has 6 heteroatoms. The smallest absolute Gasteiger partial charge is 0.191 e. The molecule has 0 bridgehead atoms. The molecule has 0 atom stereocenters. The fourth-order valence-corrected chi connectivity index (χ4v) is 3.44. The standard InChI is InChI=1S/C22H31FN4S/c1-5-24-22(25-13-17-6-8-18(9-7-17)15-27(2)3)26-14-19-10-11-21(23)12-20(19)16-28-4/h6-12H,5,13-16H2,1-4H3,(H2,24,25,26). The Hall–Kier alpha value is -2.05. The number of nitrogens with one attached hydrogen (secondary N) is 2. The van der Waals surface area contributed by atoms with Crippen molar-refractivity contribution in [2.45, 2.75) is 32.3 Å². The number of rotatable bonds is 9. The first kappa shape index (κ1) is 22.2. The summed E-state index contributed by atoms with van der Waals surface area (Å²) in [5, 5.41) is 6.64. The average Bonchev–Trinajstić information content (AvgIpc) is 2.66. The second-order valence-electron chi connectivity index (χ2n) is 6.95. The molecule has 2 aromatic rings. The first-order valence-electron chi connectivity index (χ1n) is 9.52. The van der Waals surface area contributed by atoms with Crippen LogP contribution >= 0.6 is 11.8 Å². The summed E-state index contributed by atoms with van der Waals surface area (Å²) in [6, 6.07) is 13.5. The summed E-state index contributed by atoms with van der Waals surface area (Å²) in [4.78, 5) is 6.84. The van der Waals surface area contributed by atoms with Crippen LogP contribution in [0.2, 0.25) is 0 Å². The SMILES string of the molecule is CCNC(=NCc1ccc(CN(C)C)cc1)NCc1ccc(F)cc1CSC. The molecule has 28 heavy (non-hydrogen) atoms. The van der Waals surface area contributed by atoms with Crippen molar-refractivity contribution in [2.75, 3.05) is 26.9 Å². The molecule has 4 nitrogen and oxygen atoms in total. The van der Waals surface area contributed by atoms with Gasteiger partial charge >= 0.3 is 0 Å². The third-order valence-electron chi connectivity index (χ3n) is 4.20. The van der Waals surface area contributed by atoms with Gasteiger partial charge in [-0.2, -0.15) is 11.8 Å². The van der Waals surface area contributed by atoms with Gasteiger partial charge in [0.25, 0.3) is 0 Å². The van der Waals surface area contributed by atoms with Crippen LogP contribution in [-0.2, 0) is 25.4 Å². The minimum absolute atomic E-state index is 0.189. The molecule has 0 aliphatic carbocycles. The summed E-state index contributed by atoms with van der Waals surface area (Å²) in [6.45, 7) is 4.99. The fourth-order valence-electron chi connectivity index (χ4n) is 2.86. The van der Waals surface area contributed by atoms with E-state index in [0.29, 0.717) is 13.1 Å². The third kappa shape index (κ3) is 7.52. The first-order valence-corrected chi connectivity index (χ1v) is 10.9. The number of thioether (sulfide) groups is 1. The van der Waals surface area contributed by atoms with Crippen molar-refractivity contribution in [1.82, 2.24) is 15.5 Å². The molecule has 0 aromatic heterocycles. The molecular weight excluding hydrogens is 371 g/mol. The van der Waals surface area contributed by atoms with Gasteiger partial charge in [0.1, 0.15) is 5.82 Å². The number of nitrogens with zero attached hydrogens (tertiary/aromatic N) is 2. The highest BCUT2D eigenvalue weighted by atomic mass is 32.2. The Kier molecular flexibility index (Phi) is 9.31. The predicted molar refractivity (Wildman–Crippen MR) is 119 cm³/mol. The van der Waals surface area contributed by atoms with Crippen molar-refractivity contribution in [1.29, 1.82) is 0 Å². The molecule has 0 fully saturated rings. The summed E-state index contributed by atoms with van der Waals surface area (Å²) >= 11 is 1.69. The predicted octanol–water partition coefficient (Wildman–Crippen LogP) is 4.01. The lowest BCUT2D eigenvalue weighted by molar-refractivity contribution is 0.402. The van der Waals surface area contributed by atoms with Gasteiger partial charge in [-0.15, -0.1) is 0 Å². The zero-order chi connectivity index (χ0) is 20.4. The Bertz CT molecular complexity index is 760. The molecule has 0 aliphatic rings. The van der Waals surface area contributed by atoms with E-state index >= 15 is 0 Å². The van der Waals surface area contributed by atoms with Crippen molar-refractivity contribution in [3.63, 3.8) is 0 Å². The topological polar surface area (TPSA) is 39.7 Å². The molecule has 152 valence electrons. The minimum Gasteiger partial charge on any atom is -0.357 e. The van der Waals surface area contributed by atoms with Gasteiger partial charge in [-0.3, -0.25) is 0 Å². The minimum atomic E-state index is -0.189. The van der Waals surface area contributed by atoms with Crippen LogP contribution in [0.4, 0.5) is 4.39 Å². The van der Waals surface area contributed by atoms with Crippen LogP contribution < -0.4 is 10.6 Å². The van der Waals surface area contributed by atoms with Crippen LogP contribution in [0.3, 0.4) is 0 Å². The van der Waals surface area contributed by atoms with Crippen molar-refractivity contribution >= 4 is 17.7 Å². The lowest BCUT2D eigenvalue weighted by Crippen LogP contribution is -2.37. The quantitative estimate of drug-likeness (QED) is 0.491. The molecule has 0 saturated heterocycles. The first-order chi connectivity index (χ1) is 13.5. The molecule has 0 amide bonds. The van der Waals surface area contributed by atoms with Crippen LogP contribution in [0.5, 0.6) is 0 Å². The summed E-state index contributed by atoms with van der Waals surface area (Å²) in [5.74, 6) is 1.37. The van der Waals surface area contributed by atoms with E-state index in [1.165, 1.54) is 17.2 Å². The van der Waals surface area contributed by atoms with Crippen molar-refractivity contribution in [3.8, 4) is 0 Å². The largest absolute Gasteiger partial charge is 0.357 e. The van der Waals surface area contributed by atoms with Gasteiger partial charge in [0, 0.05) is 25.4 Å². The number of aliphatic imine (C=N–C) groups is 1. The average molecular weight is 403 g/mol. The fraction of sp³-hybridized carbons (Fsp3) is 0.409. The molecule has 0 unspecified atom stereocenters. The van der Waals surface area contributed by atoms with E-state index in [1.54, 1.807) is 17.8 Å². The van der Waals surface area contributed by atoms with E-state index in [1.807, 2.05) is 19.2 Å². The van der Waals surface area contributed by atoms with Crippen LogP contribution in [-0.4, -0.2) is 37.8 Å². The van der Waals surface area contributed by atoms with Crippen molar-refractivity contribution in [3.05, 3.63) is 70.5 Å². The number of halogens is 1. The molecular formula is C22H31FN4S. The zero-order valence-electron chi connectivity index (χ0n) is 17.3. The van der Waals surface area contributed by atoms with Gasteiger partial charge in [-0.25, -0.2) is 9.38 Å². The van der Waals surface area contributed by atoms with E-state index in [0.717, 1.165) is 35.9 Å². The summed E-state index contributed by atoms with van der Waals surface area (Å²) in [6.07, 6.45) is 2.03. The maximum atomic E-state index is 13.5. The maximum Gasteiger partial charge on any atom is 0.191 e. The molecule has 0 aliphatic heterocycles. The van der Waals surface area contributed by atoms with Crippen LogP contribution in [0.1, 0.15) is 29.2 Å². The second kappa shape index (κ2) is 11.7. The molecule has 0 saturated carbocycles. The lowest BCUT2D eigenvalue weighted by atomic mass is 10.1. The Balaban J connectivity index is 2.01. The number of hydrogen-bond donors (Lipinski definition) is 2. The van der Waals surface area contributed by atoms with E-state index in [-0.39, 0.29) is 5.82 Å². The summed E-state index contributed by atoms with van der Waals surface area (Å²) in [7, 11) is 4.14. The normalized spacial score (nSPS) is 11.7. The Morgan fingerprint density at radius 3 is 2.39 bits per heavy atom. The van der Waals surface area contributed by atoms with E-state index < -0.39 is 0 Å². The number of guanidine groups is 1. The molecule has 0 heterocycles. The Morgan fingerprint density at radius 1 is 1.04 bits per heavy atom. The van der Waals surface area contributed by atoms with Crippen molar-refractivity contribution < 1.29 is 4.39 Å². The van der Waals surface area contributed by atoms with Gasteiger partial charge in [-0.1, -0.05) is 30.3 Å². The molecule has 2 N–H and O–H groups in total. The lowest BCUT2D eigenvalue weighted by Gasteiger charge is -2.14. The molecule has 2 aromatic carbocycles. The van der Waals surface area contributed by atoms with E-state index in [4.69, 9.17) is 0 Å². The van der Waals surface area contributed by atoms with Gasteiger partial charge in [0.15, 0.2) is 5.96 Å². The highest BCUT2D eigenvalue weighted by Crippen LogP contribution is 2.16. The Labute approximate surface area is 172 Å². The number of hydrogen-bond acceptors (Lipinski definition) is 3. The van der Waals surface area contributed by atoms with Crippen LogP contribution in [0, 0.1) is 5.82 Å². The van der Waals surface area contributed by atoms with Crippen molar-refractivity contribution in [2.24, 2.45) is 4.99 Å². The van der Waals surface area contributed by atoms with Gasteiger partial charge in [0.2, 0.25) is 0 Å². The van der Waals surface area contributed by atoms with Gasteiger partial charge in [0.05, 0.1) is 6.54 Å². The molecule has 2 rings (SSSR count). The van der Waals surface area contributed by atoms with E-state index in [2.05, 4.69) is 58.9 Å². The van der Waals surface area contributed by atoms with Crippen LogP contribution in [0.15, 0.2) is 47.5 Å². The second-order valence-corrected chi connectivity index (χ2v) is 7.82. The highest BCUT2D eigenvalue weighted by Gasteiger charge is 2.06. The van der Waals surface area contributed by atoms with E-state index in [9.17, 15) is 4.39 Å². The Morgan fingerprint density at radius 2 is 1.75 bits per heavy atom. The number of benzene rings is 2. The molecule has 0 radical (unpaired) electrons. The third-order valence-corrected chi connectivity index (χ3v) is 4.80.